The monoisotopic (exact) mass is 370 g/mol. The lowest BCUT2D eigenvalue weighted by atomic mass is 10.1. The van der Waals surface area contributed by atoms with E-state index in [9.17, 15) is 0 Å². The zero-order valence-electron chi connectivity index (χ0n) is 17.4. The van der Waals surface area contributed by atoms with Gasteiger partial charge in [-0.05, 0) is 70.9 Å². The lowest BCUT2D eigenvalue weighted by Gasteiger charge is -2.07. The third-order valence-electron chi connectivity index (χ3n) is 4.63. The van der Waals surface area contributed by atoms with Gasteiger partial charge in [-0.3, -0.25) is 4.99 Å². The van der Waals surface area contributed by atoms with Crippen LogP contribution < -0.4 is 0 Å². The summed E-state index contributed by atoms with van der Waals surface area (Å²) in [7, 11) is 0. The molecule has 142 valence electrons. The summed E-state index contributed by atoms with van der Waals surface area (Å²) in [6.45, 7) is 12.2. The van der Waals surface area contributed by atoms with Gasteiger partial charge in [0.25, 0.3) is 0 Å². The van der Waals surface area contributed by atoms with Gasteiger partial charge in [-0.1, -0.05) is 35.4 Å². The van der Waals surface area contributed by atoms with Gasteiger partial charge in [0.15, 0.2) is 5.82 Å². The van der Waals surface area contributed by atoms with Gasteiger partial charge < -0.3 is 0 Å². The number of nitrogens with zero attached hydrogens (tertiary/aromatic N) is 4. The molecule has 0 aliphatic heterocycles. The zero-order chi connectivity index (χ0) is 20.3. The molecule has 0 saturated heterocycles. The summed E-state index contributed by atoms with van der Waals surface area (Å²) in [6, 6.07) is 14.4. The molecule has 28 heavy (non-hydrogen) atoms. The molecular weight excluding hydrogens is 344 g/mol. The molecule has 0 fully saturated rings. The van der Waals surface area contributed by atoms with Gasteiger partial charge in [0.2, 0.25) is 0 Å². The summed E-state index contributed by atoms with van der Waals surface area (Å²) < 4.78 is 0. The molecule has 0 atom stereocenters. The first-order valence-corrected chi connectivity index (χ1v) is 9.42. The minimum Gasteiger partial charge on any atom is -0.251 e. The van der Waals surface area contributed by atoms with E-state index in [-0.39, 0.29) is 0 Å². The lowest BCUT2D eigenvalue weighted by Crippen LogP contribution is -2.07. The Bertz CT molecular complexity index is 995. The molecule has 4 nitrogen and oxygen atoms in total. The Morgan fingerprint density at radius 3 is 1.79 bits per heavy atom. The summed E-state index contributed by atoms with van der Waals surface area (Å²) in [5.74, 6) is 0.618. The normalized spacial score (nSPS) is 12.4. The van der Waals surface area contributed by atoms with E-state index in [0.29, 0.717) is 5.82 Å². The average Bonchev–Trinajstić information content (AvgIpc) is 2.66. The third-order valence-corrected chi connectivity index (χ3v) is 4.63. The predicted molar refractivity (Wildman–Crippen MR) is 118 cm³/mol. The van der Waals surface area contributed by atoms with Gasteiger partial charge >= 0.3 is 0 Å². The van der Waals surface area contributed by atoms with Crippen LogP contribution in [0.3, 0.4) is 0 Å². The van der Waals surface area contributed by atoms with Crippen molar-refractivity contribution in [3.63, 3.8) is 0 Å². The topological polar surface area (TPSA) is 50.5 Å². The first-order chi connectivity index (χ1) is 13.3. The number of hydrogen-bond acceptors (Lipinski definition) is 4. The first kappa shape index (κ1) is 19.6. The number of aryl methyl sites for hydroxylation is 4. The molecule has 0 bridgehead atoms. The molecule has 1 heterocycles. The second kappa shape index (κ2) is 8.26. The average molecular weight is 371 g/mol. The van der Waals surface area contributed by atoms with Crippen LogP contribution >= 0.6 is 0 Å². The van der Waals surface area contributed by atoms with Crippen LogP contribution in [-0.2, 0) is 0 Å². The third kappa shape index (κ3) is 4.58. The Morgan fingerprint density at radius 2 is 1.25 bits per heavy atom. The van der Waals surface area contributed by atoms with E-state index in [1.807, 2.05) is 32.0 Å². The molecule has 3 aromatic rings. The Morgan fingerprint density at radius 1 is 0.714 bits per heavy atom. The zero-order valence-corrected chi connectivity index (χ0v) is 17.4. The van der Waals surface area contributed by atoms with E-state index in [0.717, 1.165) is 39.6 Å². The van der Waals surface area contributed by atoms with Crippen LogP contribution in [0.4, 0.5) is 11.4 Å². The molecule has 0 saturated carbocycles. The van der Waals surface area contributed by atoms with Crippen LogP contribution in [-0.4, -0.2) is 21.4 Å². The number of rotatable bonds is 4. The maximum absolute atomic E-state index is 4.76. The highest BCUT2D eigenvalue weighted by atomic mass is 14.9. The van der Waals surface area contributed by atoms with Gasteiger partial charge in [0.05, 0.1) is 28.5 Å². The molecule has 0 radical (unpaired) electrons. The maximum Gasteiger partial charge on any atom is 0.174 e. The van der Waals surface area contributed by atoms with Gasteiger partial charge in [0, 0.05) is 6.20 Å². The Labute approximate surface area is 167 Å². The van der Waals surface area contributed by atoms with Crippen molar-refractivity contribution in [2.75, 3.05) is 0 Å². The minimum atomic E-state index is 0.618. The highest BCUT2D eigenvalue weighted by Crippen LogP contribution is 2.22. The highest BCUT2D eigenvalue weighted by Gasteiger charge is 2.07. The Kier molecular flexibility index (Phi) is 5.78. The van der Waals surface area contributed by atoms with Crippen molar-refractivity contribution >= 4 is 22.8 Å². The van der Waals surface area contributed by atoms with Crippen LogP contribution in [0.1, 0.15) is 47.6 Å². The molecule has 0 N–H and O–H groups in total. The SMILES string of the molecule is C/C(=N\c1ccc(C)cc1C)c1ccnc(/C(C)=N/c2ccc(C)cc2C)n1. The Balaban J connectivity index is 1.93. The van der Waals surface area contributed by atoms with Crippen LogP contribution in [0.2, 0.25) is 0 Å². The summed E-state index contributed by atoms with van der Waals surface area (Å²) in [4.78, 5) is 18.6. The fourth-order valence-electron chi connectivity index (χ4n) is 3.06. The van der Waals surface area contributed by atoms with Crippen molar-refractivity contribution in [2.24, 2.45) is 9.98 Å². The van der Waals surface area contributed by atoms with E-state index >= 15 is 0 Å². The highest BCUT2D eigenvalue weighted by molar-refractivity contribution is 6.01. The number of benzene rings is 2. The standard InChI is InChI=1S/C24H26N4/c1-15-7-9-21(17(3)13-15)26-19(5)23-11-12-25-24(28-23)20(6)27-22-10-8-16(2)14-18(22)4/h7-14H,1-6H3/b26-19+,27-20+. The van der Waals surface area contributed by atoms with Crippen molar-refractivity contribution in [1.82, 2.24) is 9.97 Å². The second-order valence-electron chi connectivity index (χ2n) is 7.24. The maximum atomic E-state index is 4.76. The van der Waals surface area contributed by atoms with Gasteiger partial charge in [-0.15, -0.1) is 0 Å². The lowest BCUT2D eigenvalue weighted by molar-refractivity contribution is 1.11. The van der Waals surface area contributed by atoms with E-state index in [2.05, 4.69) is 61.9 Å². The summed E-state index contributed by atoms with van der Waals surface area (Å²) in [6.07, 6.45) is 1.76. The summed E-state index contributed by atoms with van der Waals surface area (Å²) in [5.41, 5.74) is 9.11. The van der Waals surface area contributed by atoms with Crippen molar-refractivity contribution < 1.29 is 0 Å². The number of aromatic nitrogens is 2. The van der Waals surface area contributed by atoms with Crippen LogP contribution in [0, 0.1) is 27.7 Å². The smallest absolute Gasteiger partial charge is 0.174 e. The molecule has 0 aliphatic rings. The van der Waals surface area contributed by atoms with Crippen LogP contribution in [0.5, 0.6) is 0 Å². The van der Waals surface area contributed by atoms with E-state index in [1.54, 1.807) is 6.20 Å². The van der Waals surface area contributed by atoms with Crippen molar-refractivity contribution in [1.29, 1.82) is 0 Å². The minimum absolute atomic E-state index is 0.618. The largest absolute Gasteiger partial charge is 0.251 e. The molecule has 2 aromatic carbocycles. The number of aliphatic imine (C=N–C) groups is 2. The Hall–Kier alpha value is -3.14. The summed E-state index contributed by atoms with van der Waals surface area (Å²) in [5, 5.41) is 0. The van der Waals surface area contributed by atoms with Crippen molar-refractivity contribution in [2.45, 2.75) is 41.5 Å². The van der Waals surface area contributed by atoms with Gasteiger partial charge in [-0.25, -0.2) is 15.0 Å². The molecule has 1 aromatic heterocycles. The first-order valence-electron chi connectivity index (χ1n) is 9.42. The van der Waals surface area contributed by atoms with Crippen molar-refractivity contribution in [3.05, 3.63) is 82.4 Å². The molecule has 4 heteroatoms. The molecule has 0 unspecified atom stereocenters. The quantitative estimate of drug-likeness (QED) is 0.530. The van der Waals surface area contributed by atoms with Gasteiger partial charge in [-0.2, -0.15) is 0 Å². The van der Waals surface area contributed by atoms with E-state index < -0.39 is 0 Å². The van der Waals surface area contributed by atoms with Crippen molar-refractivity contribution in [3.8, 4) is 0 Å². The fourth-order valence-corrected chi connectivity index (χ4v) is 3.06. The van der Waals surface area contributed by atoms with Crippen LogP contribution in [0.15, 0.2) is 58.6 Å². The number of hydrogen-bond donors (Lipinski definition) is 0. The molecule has 0 amide bonds. The second-order valence-corrected chi connectivity index (χ2v) is 7.24. The van der Waals surface area contributed by atoms with Gasteiger partial charge in [0.1, 0.15) is 0 Å². The molecule has 0 spiro atoms. The molecular formula is C24H26N4. The fraction of sp³-hybridized carbons (Fsp3) is 0.250. The predicted octanol–water partition coefficient (Wildman–Crippen LogP) is 5.99. The molecule has 3 rings (SSSR count). The van der Waals surface area contributed by atoms with E-state index in [1.165, 1.54) is 11.1 Å². The summed E-state index contributed by atoms with van der Waals surface area (Å²) >= 11 is 0. The van der Waals surface area contributed by atoms with Crippen LogP contribution in [0.25, 0.3) is 0 Å². The molecule has 0 aliphatic carbocycles. The van der Waals surface area contributed by atoms with E-state index in [4.69, 9.17) is 9.98 Å².